The third-order valence-electron chi connectivity index (χ3n) is 8.44. The van der Waals surface area contributed by atoms with E-state index in [-0.39, 0.29) is 0 Å². The number of rotatable bonds is 5. The molecule has 2 heterocycles. The number of benzene rings is 6. The predicted molar refractivity (Wildman–Crippen MR) is 185 cm³/mol. The van der Waals surface area contributed by atoms with E-state index in [1.807, 2.05) is 0 Å². The van der Waals surface area contributed by atoms with E-state index < -0.39 is 0 Å². The molecule has 0 saturated heterocycles. The Labute approximate surface area is 262 Å². The Kier molecular flexibility index (Phi) is 6.54. The van der Waals surface area contributed by atoms with E-state index in [0.29, 0.717) is 17.5 Å². The summed E-state index contributed by atoms with van der Waals surface area (Å²) < 4.78 is 2.34. The second-order valence-electron chi connectivity index (χ2n) is 11.5. The standard InChI is InChI=1S/C41H30N4/c1-27-11-15-31(16-12-27)39-42-40(32-17-13-28(2)14-18-32)44-41(43-39)33-21-19-29(20-22-33)30-23-25-34(26-24-30)45-37-9-5-3-7-35(37)36-8-4-6-10-38(36)45/h3-26H,1-2H3. The Morgan fingerprint density at radius 1 is 0.356 bits per heavy atom. The van der Waals surface area contributed by atoms with Gasteiger partial charge in [-0.3, -0.25) is 0 Å². The molecule has 4 nitrogen and oxygen atoms in total. The summed E-state index contributed by atoms with van der Waals surface area (Å²) in [6.07, 6.45) is 0. The second-order valence-corrected chi connectivity index (χ2v) is 11.5. The molecule has 0 fully saturated rings. The minimum Gasteiger partial charge on any atom is -0.309 e. The lowest BCUT2D eigenvalue weighted by Gasteiger charge is -2.11. The molecule has 0 spiro atoms. The highest BCUT2D eigenvalue weighted by Gasteiger charge is 2.14. The number of hydrogen-bond acceptors (Lipinski definition) is 3. The average molecular weight is 579 g/mol. The third kappa shape index (κ3) is 4.96. The second kappa shape index (κ2) is 11.0. The fourth-order valence-electron chi connectivity index (χ4n) is 5.98. The van der Waals surface area contributed by atoms with Crippen LogP contribution in [0, 0.1) is 13.8 Å². The van der Waals surface area contributed by atoms with Crippen LogP contribution < -0.4 is 0 Å². The number of fused-ring (bicyclic) bond motifs is 3. The number of aromatic nitrogens is 4. The van der Waals surface area contributed by atoms with E-state index in [9.17, 15) is 0 Å². The number of para-hydroxylation sites is 2. The average Bonchev–Trinajstić information content (AvgIpc) is 3.43. The van der Waals surface area contributed by atoms with Gasteiger partial charge in [0.15, 0.2) is 17.5 Å². The highest BCUT2D eigenvalue weighted by Crippen LogP contribution is 2.33. The predicted octanol–water partition coefficient (Wildman–Crippen LogP) is 10.3. The minimum absolute atomic E-state index is 0.657. The maximum Gasteiger partial charge on any atom is 0.164 e. The van der Waals surface area contributed by atoms with Crippen molar-refractivity contribution in [3.63, 3.8) is 0 Å². The molecular weight excluding hydrogens is 548 g/mol. The molecule has 6 aromatic carbocycles. The lowest BCUT2D eigenvalue weighted by atomic mass is 10.0. The van der Waals surface area contributed by atoms with Gasteiger partial charge in [0.2, 0.25) is 0 Å². The summed E-state index contributed by atoms with van der Waals surface area (Å²) in [7, 11) is 0. The molecule has 0 aliphatic rings. The molecule has 0 saturated carbocycles. The van der Waals surface area contributed by atoms with Gasteiger partial charge >= 0.3 is 0 Å². The van der Waals surface area contributed by atoms with Crippen LogP contribution in [0.25, 0.3) is 72.8 Å². The van der Waals surface area contributed by atoms with Crippen molar-refractivity contribution in [3.8, 4) is 51.0 Å². The van der Waals surface area contributed by atoms with Gasteiger partial charge in [-0.25, -0.2) is 15.0 Å². The molecule has 0 atom stereocenters. The minimum atomic E-state index is 0.657. The van der Waals surface area contributed by atoms with Crippen molar-refractivity contribution in [2.75, 3.05) is 0 Å². The summed E-state index contributed by atoms with van der Waals surface area (Å²) in [6, 6.07) is 51.1. The summed E-state index contributed by atoms with van der Waals surface area (Å²) in [5, 5.41) is 2.53. The molecule has 0 bridgehead atoms. The quantitative estimate of drug-likeness (QED) is 0.204. The van der Waals surface area contributed by atoms with Crippen LogP contribution in [0.2, 0.25) is 0 Å². The van der Waals surface area contributed by atoms with Crippen molar-refractivity contribution < 1.29 is 0 Å². The van der Waals surface area contributed by atoms with Gasteiger partial charge < -0.3 is 4.57 Å². The number of hydrogen-bond donors (Lipinski definition) is 0. The first-order valence-corrected chi connectivity index (χ1v) is 15.2. The molecule has 0 amide bonds. The lowest BCUT2D eigenvalue weighted by Crippen LogP contribution is -2.00. The SMILES string of the molecule is Cc1ccc(-c2nc(-c3ccc(C)cc3)nc(-c3ccc(-c4ccc(-n5c6ccccc6c6ccccc65)cc4)cc3)n2)cc1. The topological polar surface area (TPSA) is 43.6 Å². The van der Waals surface area contributed by atoms with Crippen LogP contribution in [0.1, 0.15) is 11.1 Å². The Morgan fingerprint density at radius 3 is 1.11 bits per heavy atom. The molecule has 0 aliphatic carbocycles. The largest absolute Gasteiger partial charge is 0.309 e. The van der Waals surface area contributed by atoms with E-state index in [0.717, 1.165) is 33.5 Å². The smallest absolute Gasteiger partial charge is 0.164 e. The van der Waals surface area contributed by atoms with Gasteiger partial charge in [-0.2, -0.15) is 0 Å². The van der Waals surface area contributed by atoms with Crippen LogP contribution in [0.5, 0.6) is 0 Å². The molecule has 0 aliphatic heterocycles. The molecule has 4 heteroatoms. The van der Waals surface area contributed by atoms with E-state index in [2.05, 4.69) is 164 Å². The van der Waals surface area contributed by atoms with Crippen LogP contribution in [-0.4, -0.2) is 19.5 Å². The Hall–Kier alpha value is -5.87. The molecular formula is C41H30N4. The molecule has 0 unspecified atom stereocenters. The summed E-state index contributed by atoms with van der Waals surface area (Å²) in [5.41, 5.74) is 11.1. The van der Waals surface area contributed by atoms with Gasteiger partial charge in [-0.05, 0) is 49.2 Å². The highest BCUT2D eigenvalue weighted by molar-refractivity contribution is 6.09. The fourth-order valence-corrected chi connectivity index (χ4v) is 5.98. The van der Waals surface area contributed by atoms with Crippen LogP contribution in [0.4, 0.5) is 0 Å². The van der Waals surface area contributed by atoms with Crippen LogP contribution >= 0.6 is 0 Å². The van der Waals surface area contributed by atoms with Gasteiger partial charge in [0.05, 0.1) is 11.0 Å². The van der Waals surface area contributed by atoms with Gasteiger partial charge in [-0.15, -0.1) is 0 Å². The van der Waals surface area contributed by atoms with Crippen LogP contribution in [0.3, 0.4) is 0 Å². The lowest BCUT2D eigenvalue weighted by molar-refractivity contribution is 1.07. The fraction of sp³-hybridized carbons (Fsp3) is 0.0488. The van der Waals surface area contributed by atoms with E-state index in [4.69, 9.17) is 15.0 Å². The zero-order chi connectivity index (χ0) is 30.3. The van der Waals surface area contributed by atoms with E-state index >= 15 is 0 Å². The monoisotopic (exact) mass is 578 g/mol. The summed E-state index contributed by atoms with van der Waals surface area (Å²) in [4.78, 5) is 14.7. The van der Waals surface area contributed by atoms with Gasteiger partial charge in [0.25, 0.3) is 0 Å². The first-order valence-electron chi connectivity index (χ1n) is 15.2. The van der Waals surface area contributed by atoms with Crippen molar-refractivity contribution in [1.29, 1.82) is 0 Å². The van der Waals surface area contributed by atoms with Gasteiger partial charge in [0.1, 0.15) is 0 Å². The van der Waals surface area contributed by atoms with Crippen LogP contribution in [-0.2, 0) is 0 Å². The maximum absolute atomic E-state index is 4.91. The molecule has 0 radical (unpaired) electrons. The summed E-state index contributed by atoms with van der Waals surface area (Å²) in [5.74, 6) is 1.99. The Bertz CT molecular complexity index is 2180. The first-order chi connectivity index (χ1) is 22.1. The van der Waals surface area contributed by atoms with E-state index in [1.54, 1.807) is 0 Å². The number of aryl methyl sites for hydroxylation is 2. The normalized spacial score (nSPS) is 11.3. The van der Waals surface area contributed by atoms with Crippen molar-refractivity contribution in [2.45, 2.75) is 13.8 Å². The Morgan fingerprint density at radius 2 is 0.689 bits per heavy atom. The third-order valence-corrected chi connectivity index (χ3v) is 8.44. The summed E-state index contributed by atoms with van der Waals surface area (Å²) >= 11 is 0. The molecule has 8 rings (SSSR count). The number of nitrogens with zero attached hydrogens (tertiary/aromatic N) is 4. The Balaban J connectivity index is 1.14. The molecule has 45 heavy (non-hydrogen) atoms. The van der Waals surface area contributed by atoms with Gasteiger partial charge in [0, 0.05) is 33.2 Å². The van der Waals surface area contributed by atoms with E-state index in [1.165, 1.54) is 32.9 Å². The zero-order valence-electron chi connectivity index (χ0n) is 25.1. The molecule has 0 N–H and O–H groups in total. The molecule has 214 valence electrons. The van der Waals surface area contributed by atoms with Crippen molar-refractivity contribution in [1.82, 2.24) is 19.5 Å². The van der Waals surface area contributed by atoms with Crippen molar-refractivity contribution in [2.24, 2.45) is 0 Å². The molecule has 2 aromatic heterocycles. The van der Waals surface area contributed by atoms with Crippen LogP contribution in [0.15, 0.2) is 146 Å². The highest BCUT2D eigenvalue weighted by atomic mass is 15.0. The van der Waals surface area contributed by atoms with Crippen molar-refractivity contribution >= 4 is 21.8 Å². The van der Waals surface area contributed by atoms with Crippen molar-refractivity contribution in [3.05, 3.63) is 157 Å². The van der Waals surface area contributed by atoms with Gasteiger partial charge in [-0.1, -0.05) is 132 Å². The molecule has 8 aromatic rings. The summed E-state index contributed by atoms with van der Waals surface area (Å²) in [6.45, 7) is 4.17. The zero-order valence-corrected chi connectivity index (χ0v) is 25.1. The first kappa shape index (κ1) is 26.7. The maximum atomic E-state index is 4.91.